The minimum absolute atomic E-state index is 0.556. The van der Waals surface area contributed by atoms with Gasteiger partial charge in [0.15, 0.2) is 5.96 Å². The van der Waals surface area contributed by atoms with Crippen LogP contribution in [-0.2, 0) is 4.74 Å². The zero-order chi connectivity index (χ0) is 17.9. The minimum Gasteiger partial charge on any atom is -0.492 e. The van der Waals surface area contributed by atoms with Crippen LogP contribution in [0.2, 0.25) is 0 Å². The molecule has 2 rings (SSSR count). The van der Waals surface area contributed by atoms with E-state index in [1.807, 2.05) is 12.1 Å². The number of nitrogens with zero attached hydrogens (tertiary/aromatic N) is 2. The van der Waals surface area contributed by atoms with E-state index < -0.39 is 0 Å². The first-order chi connectivity index (χ1) is 12.2. The Balaban J connectivity index is 1.58. The van der Waals surface area contributed by atoms with E-state index in [4.69, 9.17) is 9.47 Å². The van der Waals surface area contributed by atoms with Crippen LogP contribution in [0, 0.1) is 12.8 Å². The van der Waals surface area contributed by atoms with Gasteiger partial charge in [-0.15, -0.1) is 0 Å². The Labute approximate surface area is 151 Å². The van der Waals surface area contributed by atoms with Gasteiger partial charge < -0.3 is 20.1 Å². The first kappa shape index (κ1) is 19.5. The van der Waals surface area contributed by atoms with Crippen LogP contribution >= 0.6 is 0 Å². The summed E-state index contributed by atoms with van der Waals surface area (Å²) < 4.78 is 11.1. The van der Waals surface area contributed by atoms with Crippen LogP contribution in [0.3, 0.4) is 0 Å². The van der Waals surface area contributed by atoms with Crippen molar-refractivity contribution in [1.82, 2.24) is 15.5 Å². The quantitative estimate of drug-likeness (QED) is 0.424. The molecule has 0 amide bonds. The molecule has 1 aromatic carbocycles. The molecule has 0 aliphatic carbocycles. The number of rotatable bonds is 8. The Morgan fingerprint density at radius 3 is 2.64 bits per heavy atom. The van der Waals surface area contributed by atoms with Crippen molar-refractivity contribution in [3.8, 4) is 5.75 Å². The first-order valence-electron chi connectivity index (χ1n) is 9.11. The average molecular weight is 348 g/mol. The smallest absolute Gasteiger partial charge is 0.191 e. The molecule has 140 valence electrons. The zero-order valence-corrected chi connectivity index (χ0v) is 15.8. The second kappa shape index (κ2) is 10.9. The third-order valence-electron chi connectivity index (χ3n) is 4.20. The van der Waals surface area contributed by atoms with Crippen molar-refractivity contribution in [2.45, 2.75) is 13.8 Å². The summed E-state index contributed by atoms with van der Waals surface area (Å²) in [5.74, 6) is 2.27. The lowest BCUT2D eigenvalue weighted by molar-refractivity contribution is 0.0320. The average Bonchev–Trinajstić information content (AvgIpc) is 2.63. The molecule has 2 N–H and O–H groups in total. The summed E-state index contributed by atoms with van der Waals surface area (Å²) in [5.41, 5.74) is 1.24. The van der Waals surface area contributed by atoms with E-state index in [1.54, 1.807) is 7.05 Å². The van der Waals surface area contributed by atoms with E-state index >= 15 is 0 Å². The number of guanidine groups is 1. The van der Waals surface area contributed by atoms with E-state index in [1.165, 1.54) is 5.56 Å². The Kier molecular flexibility index (Phi) is 8.55. The second-order valence-electron chi connectivity index (χ2n) is 6.56. The number of ether oxygens (including phenoxy) is 2. The van der Waals surface area contributed by atoms with Gasteiger partial charge in [0, 0.05) is 33.2 Å². The Hall–Kier alpha value is -1.79. The maximum atomic E-state index is 5.72. The van der Waals surface area contributed by atoms with Gasteiger partial charge in [0.25, 0.3) is 0 Å². The molecule has 1 heterocycles. The van der Waals surface area contributed by atoms with Crippen molar-refractivity contribution in [2.75, 3.05) is 59.6 Å². The molecule has 1 atom stereocenters. The fraction of sp³-hybridized carbons (Fsp3) is 0.632. The lowest BCUT2D eigenvalue weighted by Crippen LogP contribution is -2.44. The highest BCUT2D eigenvalue weighted by Crippen LogP contribution is 2.10. The van der Waals surface area contributed by atoms with Crippen molar-refractivity contribution < 1.29 is 9.47 Å². The largest absolute Gasteiger partial charge is 0.492 e. The van der Waals surface area contributed by atoms with Gasteiger partial charge in [-0.1, -0.05) is 24.6 Å². The highest BCUT2D eigenvalue weighted by molar-refractivity contribution is 5.79. The number of morpholine rings is 1. The van der Waals surface area contributed by atoms with Gasteiger partial charge in [0.05, 0.1) is 19.8 Å². The highest BCUT2D eigenvalue weighted by atomic mass is 16.5. The van der Waals surface area contributed by atoms with Crippen LogP contribution < -0.4 is 15.4 Å². The van der Waals surface area contributed by atoms with Gasteiger partial charge >= 0.3 is 0 Å². The molecule has 6 heteroatoms. The zero-order valence-electron chi connectivity index (χ0n) is 15.8. The molecular weight excluding hydrogens is 316 g/mol. The molecule has 1 fully saturated rings. The van der Waals surface area contributed by atoms with E-state index in [0.717, 1.165) is 51.1 Å². The molecule has 1 unspecified atom stereocenters. The summed E-state index contributed by atoms with van der Waals surface area (Å²) in [7, 11) is 1.79. The van der Waals surface area contributed by atoms with E-state index in [-0.39, 0.29) is 0 Å². The van der Waals surface area contributed by atoms with Gasteiger partial charge in [0.2, 0.25) is 0 Å². The number of aliphatic imine (C=N–C) groups is 1. The predicted molar refractivity (Wildman–Crippen MR) is 102 cm³/mol. The van der Waals surface area contributed by atoms with Crippen LogP contribution in [0.5, 0.6) is 5.75 Å². The molecule has 6 nitrogen and oxygen atoms in total. The third kappa shape index (κ3) is 7.75. The molecular formula is C19H32N4O2. The monoisotopic (exact) mass is 348 g/mol. The summed E-state index contributed by atoms with van der Waals surface area (Å²) in [6, 6.07) is 8.10. The van der Waals surface area contributed by atoms with Gasteiger partial charge in [-0.2, -0.15) is 0 Å². The first-order valence-corrected chi connectivity index (χ1v) is 9.11. The summed E-state index contributed by atoms with van der Waals surface area (Å²) >= 11 is 0. The van der Waals surface area contributed by atoms with E-state index in [2.05, 4.69) is 46.5 Å². The van der Waals surface area contributed by atoms with Gasteiger partial charge in [0.1, 0.15) is 12.4 Å². The van der Waals surface area contributed by atoms with Gasteiger partial charge in [-0.3, -0.25) is 9.89 Å². The van der Waals surface area contributed by atoms with Crippen molar-refractivity contribution in [2.24, 2.45) is 10.9 Å². The number of benzene rings is 1. The number of hydrogen-bond acceptors (Lipinski definition) is 4. The molecule has 0 spiro atoms. The topological polar surface area (TPSA) is 58.1 Å². The summed E-state index contributed by atoms with van der Waals surface area (Å²) in [6.45, 7) is 11.4. The Morgan fingerprint density at radius 1 is 1.24 bits per heavy atom. The van der Waals surface area contributed by atoms with Gasteiger partial charge in [-0.25, -0.2) is 0 Å². The van der Waals surface area contributed by atoms with Crippen LogP contribution in [0.15, 0.2) is 29.3 Å². The number of aryl methyl sites for hydroxylation is 1. The molecule has 25 heavy (non-hydrogen) atoms. The summed E-state index contributed by atoms with van der Waals surface area (Å²) in [5, 5.41) is 6.68. The van der Waals surface area contributed by atoms with Crippen LogP contribution in [0.1, 0.15) is 12.5 Å². The predicted octanol–water partition coefficient (Wildman–Crippen LogP) is 1.51. The molecule has 1 saturated heterocycles. The maximum Gasteiger partial charge on any atom is 0.191 e. The Bertz CT molecular complexity index is 513. The lowest BCUT2D eigenvalue weighted by atomic mass is 10.1. The van der Waals surface area contributed by atoms with Crippen molar-refractivity contribution >= 4 is 5.96 Å². The van der Waals surface area contributed by atoms with Crippen molar-refractivity contribution in [3.63, 3.8) is 0 Å². The molecule has 1 aliphatic heterocycles. The molecule has 0 radical (unpaired) electrons. The van der Waals surface area contributed by atoms with Crippen molar-refractivity contribution in [1.29, 1.82) is 0 Å². The summed E-state index contributed by atoms with van der Waals surface area (Å²) in [4.78, 5) is 6.73. The van der Waals surface area contributed by atoms with Crippen LogP contribution in [-0.4, -0.2) is 70.5 Å². The van der Waals surface area contributed by atoms with Crippen LogP contribution in [0.4, 0.5) is 0 Å². The minimum atomic E-state index is 0.556. The third-order valence-corrected chi connectivity index (χ3v) is 4.20. The standard InChI is InChI=1S/C19H32N4O2/c1-16-4-6-18(7-5-16)25-11-8-21-19(20-3)22-14-17(2)15-23-9-12-24-13-10-23/h4-7,17H,8-15H2,1-3H3,(H2,20,21,22). The summed E-state index contributed by atoms with van der Waals surface area (Å²) in [6.07, 6.45) is 0. The molecule has 0 saturated carbocycles. The SMILES string of the molecule is CN=C(NCCOc1ccc(C)cc1)NCC(C)CN1CCOCC1. The van der Waals surface area contributed by atoms with Crippen LogP contribution in [0.25, 0.3) is 0 Å². The van der Waals surface area contributed by atoms with Gasteiger partial charge in [-0.05, 0) is 25.0 Å². The fourth-order valence-corrected chi connectivity index (χ4v) is 2.75. The Morgan fingerprint density at radius 2 is 1.96 bits per heavy atom. The van der Waals surface area contributed by atoms with E-state index in [9.17, 15) is 0 Å². The maximum absolute atomic E-state index is 5.72. The van der Waals surface area contributed by atoms with E-state index in [0.29, 0.717) is 19.1 Å². The lowest BCUT2D eigenvalue weighted by Gasteiger charge is -2.29. The molecule has 0 bridgehead atoms. The van der Waals surface area contributed by atoms with Crippen molar-refractivity contribution in [3.05, 3.63) is 29.8 Å². The number of hydrogen-bond donors (Lipinski definition) is 2. The highest BCUT2D eigenvalue weighted by Gasteiger charge is 2.13. The molecule has 1 aromatic rings. The number of nitrogens with one attached hydrogen (secondary N) is 2. The normalized spacial score (nSPS) is 17.2. The molecule has 1 aliphatic rings. The fourth-order valence-electron chi connectivity index (χ4n) is 2.75. The second-order valence-corrected chi connectivity index (χ2v) is 6.56. The molecule has 0 aromatic heterocycles.